The quantitative estimate of drug-likeness (QED) is 0.204. The van der Waals surface area contributed by atoms with Crippen molar-refractivity contribution in [2.24, 2.45) is 0 Å². The van der Waals surface area contributed by atoms with Crippen molar-refractivity contribution in [3.05, 3.63) is 57.2 Å². The van der Waals surface area contributed by atoms with Crippen molar-refractivity contribution in [1.29, 1.82) is 0 Å². The van der Waals surface area contributed by atoms with Crippen LogP contribution < -0.4 is 33.3 Å². The van der Waals surface area contributed by atoms with Crippen molar-refractivity contribution in [2.75, 3.05) is 14.2 Å². The van der Waals surface area contributed by atoms with Crippen LogP contribution in [0.25, 0.3) is 32.1 Å². The largest absolute Gasteiger partial charge is 1.00 e. The Morgan fingerprint density at radius 3 is 2.50 bits per heavy atom. The number of hydrogen-bond donors (Lipinski definition) is 0. The number of hydrogen-bond acceptors (Lipinski definition) is 6. The number of thiophene rings is 2. The van der Waals surface area contributed by atoms with Crippen LogP contribution in [-0.2, 0) is 11.3 Å². The van der Waals surface area contributed by atoms with Crippen molar-refractivity contribution in [3.8, 4) is 15.5 Å². The van der Waals surface area contributed by atoms with Gasteiger partial charge >= 0.3 is 5.97 Å². The lowest BCUT2D eigenvalue weighted by atomic mass is 10.3. The van der Waals surface area contributed by atoms with Gasteiger partial charge in [0.05, 0.1) is 14.2 Å². The molecule has 0 spiro atoms. The molecule has 0 amide bonds. The summed E-state index contributed by atoms with van der Waals surface area (Å²) in [7, 11) is 3.10. The molecule has 8 heteroatoms. The van der Waals surface area contributed by atoms with Crippen LogP contribution in [0, 0.1) is 0 Å². The number of nitrogens with zero attached hydrogens (tertiary/aromatic N) is 1. The summed E-state index contributed by atoms with van der Waals surface area (Å²) < 4.78 is 13.7. The molecule has 0 radical (unpaired) electrons. The highest BCUT2D eigenvalue weighted by atomic mass is 127. The first-order valence-corrected chi connectivity index (χ1v) is 11.5. The van der Waals surface area contributed by atoms with Crippen molar-refractivity contribution < 1.29 is 42.8 Å². The lowest BCUT2D eigenvalue weighted by Gasteiger charge is -1.96. The molecule has 3 heterocycles. The van der Waals surface area contributed by atoms with Gasteiger partial charge in [-0.15, -0.1) is 22.7 Å². The van der Waals surface area contributed by atoms with Gasteiger partial charge in [0.25, 0.3) is 5.01 Å². The number of aromatic nitrogens is 1. The summed E-state index contributed by atoms with van der Waals surface area (Å²) in [6.45, 7) is 3.07. The molecular formula is C22H20INO3S3. The molecule has 1 aromatic carbocycles. The Hall–Kier alpha value is -1.75. The van der Waals surface area contributed by atoms with Gasteiger partial charge in [0, 0.05) is 32.8 Å². The van der Waals surface area contributed by atoms with Gasteiger partial charge in [-0.25, -0.2) is 4.79 Å². The summed E-state index contributed by atoms with van der Waals surface area (Å²) >= 11 is 4.93. The average Bonchev–Trinajstić information content (AvgIpc) is 3.48. The maximum atomic E-state index is 11.7. The third-order valence-electron chi connectivity index (χ3n) is 4.51. The number of halogens is 1. The fourth-order valence-electron chi connectivity index (χ4n) is 3.07. The van der Waals surface area contributed by atoms with Gasteiger partial charge in [0.2, 0.25) is 5.52 Å². The summed E-state index contributed by atoms with van der Waals surface area (Å²) in [5.74, 6) is 0.589. The number of carbonyl (C=O) groups is 1. The zero-order chi connectivity index (χ0) is 20.4. The lowest BCUT2D eigenvalue weighted by molar-refractivity contribution is -0.665. The Morgan fingerprint density at radius 1 is 1.00 bits per heavy atom. The van der Waals surface area contributed by atoms with Gasteiger partial charge in [-0.1, -0.05) is 11.3 Å². The van der Waals surface area contributed by atoms with Gasteiger partial charge < -0.3 is 33.5 Å². The third-order valence-corrected chi connectivity index (χ3v) is 7.93. The number of rotatable bonds is 6. The summed E-state index contributed by atoms with van der Waals surface area (Å²) in [5.41, 5.74) is 1.22. The van der Waals surface area contributed by atoms with E-state index in [4.69, 9.17) is 9.47 Å². The van der Waals surface area contributed by atoms with Crippen LogP contribution in [0.15, 0.2) is 42.5 Å². The number of aryl methyl sites for hydroxylation is 1. The number of benzene rings is 1. The van der Waals surface area contributed by atoms with Gasteiger partial charge in [-0.2, -0.15) is 4.57 Å². The van der Waals surface area contributed by atoms with Crippen LogP contribution >= 0.6 is 34.0 Å². The van der Waals surface area contributed by atoms with Crippen molar-refractivity contribution in [3.63, 3.8) is 0 Å². The predicted molar refractivity (Wildman–Crippen MR) is 122 cm³/mol. The lowest BCUT2D eigenvalue weighted by Crippen LogP contribution is -3.00. The average molecular weight is 570 g/mol. The van der Waals surface area contributed by atoms with Crippen molar-refractivity contribution in [1.82, 2.24) is 0 Å². The first-order valence-electron chi connectivity index (χ1n) is 9.09. The second-order valence-electron chi connectivity index (χ2n) is 6.21. The first kappa shape index (κ1) is 22.9. The molecule has 0 saturated carbocycles. The molecular weight excluding hydrogens is 549 g/mol. The molecule has 0 saturated heterocycles. The standard InChI is InChI=1S/C22H20NO3S3.HI/c1-4-23-16-8-5-14(25-2)13-20(16)29-21(23)12-7-15-6-9-17(27-15)18-10-11-19(28-18)22(24)26-3;/h5-13H,4H2,1-3H3;1H/q+1;/p-1/b12-7+;. The minimum Gasteiger partial charge on any atom is -1.00 e. The molecule has 4 nitrogen and oxygen atoms in total. The second kappa shape index (κ2) is 10.0. The summed E-state index contributed by atoms with van der Waals surface area (Å²) in [6.07, 6.45) is 4.32. The molecule has 0 bridgehead atoms. The molecule has 0 N–H and O–H groups in total. The van der Waals surface area contributed by atoms with Gasteiger partial charge in [-0.3, -0.25) is 0 Å². The number of fused-ring (bicyclic) bond motifs is 1. The summed E-state index contributed by atoms with van der Waals surface area (Å²) in [5, 5.41) is 1.20. The predicted octanol–water partition coefficient (Wildman–Crippen LogP) is 2.97. The Labute approximate surface area is 204 Å². The molecule has 30 heavy (non-hydrogen) atoms. The Bertz CT molecular complexity index is 1210. The van der Waals surface area contributed by atoms with Crippen LogP contribution in [-0.4, -0.2) is 20.2 Å². The van der Waals surface area contributed by atoms with E-state index in [1.165, 1.54) is 38.5 Å². The number of esters is 1. The van der Waals surface area contributed by atoms with Crippen molar-refractivity contribution in [2.45, 2.75) is 13.5 Å². The fraction of sp³-hybridized carbons (Fsp3) is 0.182. The van der Waals surface area contributed by atoms with Crippen LogP contribution in [0.3, 0.4) is 0 Å². The van der Waals surface area contributed by atoms with Crippen LogP contribution in [0.5, 0.6) is 5.75 Å². The number of ether oxygens (including phenoxy) is 2. The van der Waals surface area contributed by atoms with E-state index in [1.54, 1.807) is 29.8 Å². The topological polar surface area (TPSA) is 39.4 Å². The molecule has 4 aromatic rings. The molecule has 0 aliphatic heterocycles. The van der Waals surface area contributed by atoms with E-state index in [9.17, 15) is 4.79 Å². The zero-order valence-corrected chi connectivity index (χ0v) is 21.3. The molecule has 0 aliphatic carbocycles. The van der Waals surface area contributed by atoms with E-state index in [2.05, 4.69) is 47.9 Å². The maximum Gasteiger partial charge on any atom is 0.348 e. The van der Waals surface area contributed by atoms with Crippen molar-refractivity contribution >= 4 is 62.3 Å². The van der Waals surface area contributed by atoms with Gasteiger partial charge in [-0.05, 0) is 43.3 Å². The highest BCUT2D eigenvalue weighted by Crippen LogP contribution is 2.35. The summed E-state index contributed by atoms with van der Waals surface area (Å²) in [6, 6.07) is 14.2. The molecule has 0 unspecified atom stereocenters. The van der Waals surface area contributed by atoms with E-state index in [1.807, 2.05) is 18.2 Å². The normalized spacial score (nSPS) is 11.0. The molecule has 3 aromatic heterocycles. The van der Waals surface area contributed by atoms with Crippen LogP contribution in [0.4, 0.5) is 0 Å². The number of methoxy groups -OCH3 is 2. The first-order chi connectivity index (χ1) is 14.1. The van der Waals surface area contributed by atoms with Crippen LogP contribution in [0.2, 0.25) is 0 Å². The van der Waals surface area contributed by atoms with E-state index < -0.39 is 0 Å². The number of thiazole rings is 1. The third kappa shape index (κ3) is 4.61. The fourth-order valence-corrected chi connectivity index (χ4v) is 6.15. The SMILES string of the molecule is CC[n+]1c(/C=C/c2ccc(-c3ccc(C(=O)OC)s3)s2)sc2cc(OC)ccc21.[I-]. The van der Waals surface area contributed by atoms with Gasteiger partial charge in [0.15, 0.2) is 0 Å². The van der Waals surface area contributed by atoms with E-state index in [0.717, 1.165) is 22.0 Å². The van der Waals surface area contributed by atoms with E-state index in [-0.39, 0.29) is 29.9 Å². The molecule has 156 valence electrons. The molecule has 0 fully saturated rings. The second-order valence-corrected chi connectivity index (χ2v) is 9.47. The number of carbonyl (C=O) groups excluding carboxylic acids is 1. The van der Waals surface area contributed by atoms with Gasteiger partial charge in [0.1, 0.15) is 21.9 Å². The van der Waals surface area contributed by atoms with E-state index >= 15 is 0 Å². The Kier molecular flexibility index (Phi) is 7.67. The summed E-state index contributed by atoms with van der Waals surface area (Å²) in [4.78, 5) is 15.7. The Balaban J connectivity index is 0.00000256. The van der Waals surface area contributed by atoms with E-state index in [0.29, 0.717) is 4.88 Å². The molecule has 4 rings (SSSR count). The van der Waals surface area contributed by atoms with Crippen LogP contribution in [0.1, 0.15) is 26.5 Å². The molecule has 0 aliphatic rings. The maximum absolute atomic E-state index is 11.7. The minimum atomic E-state index is -0.288. The highest BCUT2D eigenvalue weighted by Gasteiger charge is 2.17. The monoisotopic (exact) mass is 569 g/mol. The highest BCUT2D eigenvalue weighted by molar-refractivity contribution is 7.23. The Morgan fingerprint density at radius 2 is 1.77 bits per heavy atom. The zero-order valence-electron chi connectivity index (χ0n) is 16.7. The smallest absolute Gasteiger partial charge is 0.348 e. The minimum absolute atomic E-state index is 0. The molecule has 0 atom stereocenters.